The second-order valence-electron chi connectivity index (χ2n) is 23.3. The molecule has 0 aliphatic carbocycles. The first kappa shape index (κ1) is 52.2. The molecule has 0 bridgehead atoms. The molecule has 0 aliphatic rings. The van der Waals surface area contributed by atoms with Crippen LogP contribution in [0.25, 0.3) is 166 Å². The van der Waals surface area contributed by atoms with Gasteiger partial charge in [-0.25, -0.2) is 15.0 Å². The number of benzene rings is 12. The molecule has 0 amide bonds. The summed E-state index contributed by atoms with van der Waals surface area (Å²) in [5, 5.41) is 28.9. The number of nitriles is 2. The normalized spacial score (nSPS) is 11.7. The predicted octanol–water partition coefficient (Wildman–Crippen LogP) is 20.3. The molecule has 426 valence electrons. The van der Waals surface area contributed by atoms with Crippen LogP contribution in [0.3, 0.4) is 0 Å². The molecule has 18 rings (SSSR count). The Kier molecular flexibility index (Phi) is 11.8. The molecule has 0 saturated carbocycles. The van der Waals surface area contributed by atoms with Gasteiger partial charge in [-0.1, -0.05) is 182 Å². The van der Waals surface area contributed by atoms with Crippen LogP contribution in [-0.4, -0.2) is 33.2 Å². The Morgan fingerprint density at radius 2 is 0.761 bits per heavy atom. The van der Waals surface area contributed by atoms with Gasteiger partial charge in [0.2, 0.25) is 0 Å². The van der Waals surface area contributed by atoms with Gasteiger partial charge in [0.25, 0.3) is 0 Å². The quantitative estimate of drug-likeness (QED) is 0.143. The molecule has 0 unspecified atom stereocenters. The summed E-state index contributed by atoms with van der Waals surface area (Å²) >= 11 is 0. The third-order valence-electron chi connectivity index (χ3n) is 18.2. The predicted molar refractivity (Wildman–Crippen MR) is 374 cm³/mol. The summed E-state index contributed by atoms with van der Waals surface area (Å²) in [6.07, 6.45) is 0. The maximum Gasteiger partial charge on any atom is 0.160 e. The van der Waals surface area contributed by atoms with Crippen LogP contribution < -0.4 is 0 Å². The van der Waals surface area contributed by atoms with Gasteiger partial charge in [-0.2, -0.15) is 10.5 Å². The maximum atomic E-state index is 9.83. The molecule has 6 aromatic heterocycles. The van der Waals surface area contributed by atoms with Crippen LogP contribution in [0, 0.1) is 22.7 Å². The second kappa shape index (κ2) is 20.9. The third kappa shape index (κ3) is 8.13. The standard InChI is InChI=1S/C83H49N9/c84-50-52-35-37-54(38-36-52)70-49-71(55-39-41-61(42-40-55)89-73-32-11-8-26-67(73)78-75(89)45-43-65-63-25-7-10-31-72(63)90(81(65)78)59-21-3-1-4-22-59)88-83(87-70)58-20-14-18-56(48-58)62-28-15-29-64-66-44-46-76-79(82(66)91(80(62)64)60-23-5-2-6-24-60)68-27-9-12-33-74(68)92(76)77-34-16-30-69(86-77)57-19-13-17-53(47-57)51-85/h1-49H. The van der Waals surface area contributed by atoms with E-state index in [2.05, 4.69) is 267 Å². The van der Waals surface area contributed by atoms with Crippen LogP contribution in [-0.2, 0) is 0 Å². The van der Waals surface area contributed by atoms with Gasteiger partial charge in [0.1, 0.15) is 5.82 Å². The van der Waals surface area contributed by atoms with Crippen LogP contribution >= 0.6 is 0 Å². The highest BCUT2D eigenvalue weighted by Crippen LogP contribution is 2.46. The van der Waals surface area contributed by atoms with E-state index in [0.29, 0.717) is 17.0 Å². The number of rotatable bonds is 9. The lowest BCUT2D eigenvalue weighted by Crippen LogP contribution is -1.99. The molecular weight excluding hydrogens is 1120 g/mol. The fourth-order valence-corrected chi connectivity index (χ4v) is 14.2. The van der Waals surface area contributed by atoms with Crippen LogP contribution in [0.15, 0.2) is 297 Å². The lowest BCUT2D eigenvalue weighted by molar-refractivity contribution is 1.08. The SMILES string of the molecule is N#Cc1ccc(-c2cc(-c3ccc(-n4c5ccccc5c5c4ccc4c6ccccc6n(-c6ccccc6)c45)cc3)nc(-c3cccc(-c4cccc5c6ccc7c(c8ccccc8n7-c7cccc(-c8cccc(C#N)c8)n7)c6n(-c6ccccc6)c45)c3)n2)cc1. The molecule has 9 nitrogen and oxygen atoms in total. The van der Waals surface area contributed by atoms with Crippen molar-refractivity contribution in [3.63, 3.8) is 0 Å². The first-order valence-electron chi connectivity index (χ1n) is 30.7. The van der Waals surface area contributed by atoms with E-state index in [1.54, 1.807) is 0 Å². The monoisotopic (exact) mass is 1170 g/mol. The largest absolute Gasteiger partial charge is 0.309 e. The minimum atomic E-state index is 0.578. The Labute approximate surface area is 527 Å². The first-order valence-corrected chi connectivity index (χ1v) is 30.7. The van der Waals surface area contributed by atoms with Gasteiger partial charge in [0.05, 0.1) is 84.5 Å². The van der Waals surface area contributed by atoms with E-state index in [9.17, 15) is 10.5 Å². The molecule has 0 aliphatic heterocycles. The highest BCUT2D eigenvalue weighted by molar-refractivity contribution is 6.28. The molecule has 0 spiro atoms. The minimum Gasteiger partial charge on any atom is -0.309 e. The lowest BCUT2D eigenvalue weighted by Gasteiger charge is -2.14. The molecule has 0 saturated heterocycles. The van der Waals surface area contributed by atoms with Crippen LogP contribution in [0.1, 0.15) is 11.1 Å². The van der Waals surface area contributed by atoms with Crippen molar-refractivity contribution in [2.45, 2.75) is 0 Å². The summed E-state index contributed by atoms with van der Waals surface area (Å²) in [6.45, 7) is 0. The van der Waals surface area contributed by atoms with Crippen molar-refractivity contribution in [1.29, 1.82) is 10.5 Å². The highest BCUT2D eigenvalue weighted by atomic mass is 15.1. The molecule has 6 heterocycles. The van der Waals surface area contributed by atoms with E-state index in [1.165, 1.54) is 32.6 Å². The van der Waals surface area contributed by atoms with E-state index in [4.69, 9.17) is 15.0 Å². The number of pyridine rings is 1. The van der Waals surface area contributed by atoms with Crippen molar-refractivity contribution >= 4 is 87.2 Å². The molecule has 0 N–H and O–H groups in total. The van der Waals surface area contributed by atoms with E-state index in [0.717, 1.165) is 128 Å². The van der Waals surface area contributed by atoms with Crippen molar-refractivity contribution in [3.8, 4) is 91.3 Å². The average molecular weight is 1170 g/mol. The van der Waals surface area contributed by atoms with Gasteiger partial charge in [0.15, 0.2) is 5.82 Å². The highest BCUT2D eigenvalue weighted by Gasteiger charge is 2.25. The summed E-state index contributed by atoms with van der Waals surface area (Å²) in [4.78, 5) is 16.1. The fraction of sp³-hybridized carbons (Fsp3) is 0. The number of hydrogen-bond acceptors (Lipinski definition) is 5. The van der Waals surface area contributed by atoms with Crippen molar-refractivity contribution in [1.82, 2.24) is 33.2 Å². The van der Waals surface area contributed by atoms with Crippen LogP contribution in [0.4, 0.5) is 0 Å². The smallest absolute Gasteiger partial charge is 0.160 e. The summed E-state index contributed by atoms with van der Waals surface area (Å²) in [5.74, 6) is 1.36. The molecule has 0 atom stereocenters. The topological polar surface area (TPSA) is 106 Å². The Balaban J connectivity index is 0.790. The zero-order valence-corrected chi connectivity index (χ0v) is 49.3. The van der Waals surface area contributed by atoms with Crippen molar-refractivity contribution in [2.24, 2.45) is 0 Å². The summed E-state index contributed by atoms with van der Waals surface area (Å²) < 4.78 is 9.51. The van der Waals surface area contributed by atoms with Crippen molar-refractivity contribution < 1.29 is 0 Å². The first-order chi connectivity index (χ1) is 45.5. The molecule has 0 radical (unpaired) electrons. The van der Waals surface area contributed by atoms with Crippen LogP contribution in [0.5, 0.6) is 0 Å². The zero-order valence-electron chi connectivity index (χ0n) is 49.3. The maximum absolute atomic E-state index is 9.83. The summed E-state index contributed by atoms with van der Waals surface area (Å²) in [5.41, 5.74) is 21.1. The Morgan fingerprint density at radius 1 is 0.261 bits per heavy atom. The number of para-hydroxylation sites is 6. The van der Waals surface area contributed by atoms with Gasteiger partial charge in [0, 0.05) is 88.0 Å². The third-order valence-corrected chi connectivity index (χ3v) is 18.2. The molecular formula is C83H49N9. The Morgan fingerprint density at radius 3 is 1.45 bits per heavy atom. The van der Waals surface area contributed by atoms with E-state index in [1.807, 2.05) is 60.7 Å². The average Bonchev–Trinajstić information content (AvgIpc) is 1.56. The number of hydrogen-bond donors (Lipinski definition) is 0. The van der Waals surface area contributed by atoms with E-state index < -0.39 is 0 Å². The van der Waals surface area contributed by atoms with Crippen LogP contribution in [0.2, 0.25) is 0 Å². The number of fused-ring (bicyclic) bond motifs is 14. The molecule has 0 fully saturated rings. The lowest BCUT2D eigenvalue weighted by atomic mass is 9.99. The van der Waals surface area contributed by atoms with E-state index in [-0.39, 0.29) is 0 Å². The summed E-state index contributed by atoms with van der Waals surface area (Å²) in [7, 11) is 0. The number of aromatic nitrogens is 7. The van der Waals surface area contributed by atoms with Crippen molar-refractivity contribution in [3.05, 3.63) is 308 Å². The van der Waals surface area contributed by atoms with Gasteiger partial charge in [-0.3, -0.25) is 4.57 Å². The molecule has 12 aromatic carbocycles. The number of nitrogens with zero attached hydrogens (tertiary/aromatic N) is 9. The van der Waals surface area contributed by atoms with E-state index >= 15 is 0 Å². The van der Waals surface area contributed by atoms with Gasteiger partial charge < -0.3 is 13.7 Å². The Hall–Kier alpha value is -13.0. The minimum absolute atomic E-state index is 0.578. The molecule has 92 heavy (non-hydrogen) atoms. The van der Waals surface area contributed by atoms with Gasteiger partial charge in [-0.15, -0.1) is 0 Å². The molecule has 9 heteroatoms. The Bertz CT molecular complexity index is 6130. The van der Waals surface area contributed by atoms with Crippen molar-refractivity contribution in [2.75, 3.05) is 0 Å². The fourth-order valence-electron chi connectivity index (χ4n) is 14.2. The van der Waals surface area contributed by atoms with Gasteiger partial charge in [-0.05, 0) is 121 Å². The molecule has 18 aromatic rings. The van der Waals surface area contributed by atoms with Gasteiger partial charge >= 0.3 is 0 Å². The second-order valence-corrected chi connectivity index (χ2v) is 23.3. The zero-order chi connectivity index (χ0) is 61.0. The summed E-state index contributed by atoms with van der Waals surface area (Å²) in [6, 6.07) is 108.